The number of hydrogen-bond acceptors (Lipinski definition) is 5. The first kappa shape index (κ1) is 35.2. The molecule has 2 amide bonds. The number of anilines is 1. The molecule has 1 saturated carbocycles. The van der Waals surface area contributed by atoms with E-state index in [0.717, 1.165) is 36.8 Å². The molecule has 0 aromatic heterocycles. The van der Waals surface area contributed by atoms with E-state index >= 15 is 0 Å². The Kier molecular flexibility index (Phi) is 10.3. The lowest BCUT2D eigenvalue weighted by Crippen LogP contribution is -2.59. The van der Waals surface area contributed by atoms with Crippen LogP contribution in [0.15, 0.2) is 83.8 Å². The molecule has 1 saturated heterocycles. The topological polar surface area (TPSA) is 96.0 Å². The van der Waals surface area contributed by atoms with Crippen LogP contribution < -0.4 is 10.4 Å². The van der Waals surface area contributed by atoms with Gasteiger partial charge >= 0.3 is 0 Å². The monoisotopic (exact) mass is 713 g/mol. The summed E-state index contributed by atoms with van der Waals surface area (Å²) in [6.45, 7) is -0.328. The van der Waals surface area contributed by atoms with Gasteiger partial charge in [0, 0.05) is 17.8 Å². The zero-order chi connectivity index (χ0) is 35.6. The number of nitrogens with zero attached hydrogens (tertiary/aromatic N) is 2. The summed E-state index contributed by atoms with van der Waals surface area (Å²) < 4.78 is 97.9. The molecule has 14 heteroatoms. The van der Waals surface area contributed by atoms with Crippen molar-refractivity contribution in [1.82, 2.24) is 9.79 Å². The summed E-state index contributed by atoms with van der Waals surface area (Å²) in [5, 5.41) is 0. The van der Waals surface area contributed by atoms with Crippen molar-refractivity contribution < 1.29 is 44.8 Å². The molecule has 1 N–H and O–H groups in total. The number of halogens is 5. The van der Waals surface area contributed by atoms with Gasteiger partial charge in [0.1, 0.15) is 6.04 Å². The van der Waals surface area contributed by atoms with Crippen molar-refractivity contribution in [3.63, 3.8) is 0 Å². The van der Waals surface area contributed by atoms with Gasteiger partial charge in [-0.3, -0.25) is 14.4 Å². The van der Waals surface area contributed by atoms with Gasteiger partial charge in [0.2, 0.25) is 21.7 Å². The Balaban J connectivity index is 1.25. The predicted octanol–water partition coefficient (Wildman–Crippen LogP) is 6.90. The number of sulfonamides is 1. The SMILES string of the molecule is O=C(NOCc1ccccc1)c1ccc(N(Cc2ccc(C3CCCC3)cc2)C(=O)C2CCN2S(=O)(=O)c2c(F)c(F)c(F)c(F)c2F)cc1. The first-order chi connectivity index (χ1) is 24.0. The molecule has 6 rings (SSSR count). The van der Waals surface area contributed by atoms with Crippen LogP contribution in [0.25, 0.3) is 0 Å². The van der Waals surface area contributed by atoms with Crippen molar-refractivity contribution in [2.24, 2.45) is 0 Å². The van der Waals surface area contributed by atoms with E-state index in [2.05, 4.69) is 5.48 Å². The number of rotatable bonds is 11. The number of benzene rings is 4. The molecule has 1 aliphatic carbocycles. The molecule has 1 heterocycles. The summed E-state index contributed by atoms with van der Waals surface area (Å²) in [6.07, 6.45) is 4.37. The maximum absolute atomic E-state index is 14.6. The first-order valence-corrected chi connectivity index (χ1v) is 17.4. The first-order valence-electron chi connectivity index (χ1n) is 16.0. The fourth-order valence-electron chi connectivity index (χ4n) is 6.25. The molecular formula is C36H32F5N3O5S. The van der Waals surface area contributed by atoms with Crippen LogP contribution >= 0.6 is 0 Å². The molecular weight excluding hydrogens is 681 g/mol. The second-order valence-corrected chi connectivity index (χ2v) is 14.0. The Morgan fingerprint density at radius 3 is 1.94 bits per heavy atom. The number of carbonyl (C=O) groups is 2. The van der Waals surface area contributed by atoms with Gasteiger partial charge in [-0.2, -0.15) is 4.31 Å². The van der Waals surface area contributed by atoms with E-state index < -0.39 is 68.4 Å². The Morgan fingerprint density at radius 2 is 1.36 bits per heavy atom. The molecule has 4 aromatic rings. The molecule has 0 spiro atoms. The van der Waals surface area contributed by atoms with E-state index in [1.165, 1.54) is 29.2 Å². The molecule has 2 aliphatic rings. The number of carbonyl (C=O) groups excluding carboxylic acids is 2. The summed E-state index contributed by atoms with van der Waals surface area (Å²) in [6, 6.07) is 21.1. The van der Waals surface area contributed by atoms with E-state index in [1.807, 2.05) is 54.6 Å². The third-order valence-corrected chi connectivity index (χ3v) is 11.0. The minimum Gasteiger partial charge on any atom is -0.307 e. The largest absolute Gasteiger partial charge is 0.307 e. The second kappa shape index (κ2) is 14.7. The highest BCUT2D eigenvalue weighted by Crippen LogP contribution is 2.36. The van der Waals surface area contributed by atoms with Crippen LogP contribution in [0.5, 0.6) is 0 Å². The van der Waals surface area contributed by atoms with Crippen LogP contribution in [0.3, 0.4) is 0 Å². The minimum absolute atomic E-state index is 0.0532. The van der Waals surface area contributed by atoms with Crippen LogP contribution in [0.1, 0.15) is 65.1 Å². The molecule has 2 fully saturated rings. The lowest BCUT2D eigenvalue weighted by atomic mass is 9.96. The Bertz CT molecular complexity index is 1960. The maximum Gasteiger partial charge on any atom is 0.274 e. The quantitative estimate of drug-likeness (QED) is 0.0791. The number of hydroxylamine groups is 1. The highest BCUT2D eigenvalue weighted by Gasteiger charge is 2.48. The van der Waals surface area contributed by atoms with E-state index in [1.54, 1.807) is 0 Å². The summed E-state index contributed by atoms with van der Waals surface area (Å²) in [5.74, 6) is -13.3. The zero-order valence-corrected chi connectivity index (χ0v) is 27.4. The van der Waals surface area contributed by atoms with Crippen LogP contribution in [-0.4, -0.2) is 37.1 Å². The Hall–Kier alpha value is -4.66. The van der Waals surface area contributed by atoms with E-state index in [0.29, 0.717) is 15.8 Å². The van der Waals surface area contributed by atoms with Crippen molar-refractivity contribution in [2.45, 2.75) is 62.1 Å². The Labute approximate surface area is 285 Å². The van der Waals surface area contributed by atoms with Crippen LogP contribution in [0, 0.1) is 29.1 Å². The molecule has 4 aromatic carbocycles. The summed E-state index contributed by atoms with van der Waals surface area (Å²) in [7, 11) is -5.35. The number of hydrogen-bond donors (Lipinski definition) is 1. The molecule has 1 aliphatic heterocycles. The summed E-state index contributed by atoms with van der Waals surface area (Å²) in [4.78, 5) is 31.3. The van der Waals surface area contributed by atoms with E-state index in [-0.39, 0.29) is 30.8 Å². The fourth-order valence-corrected chi connectivity index (χ4v) is 7.99. The van der Waals surface area contributed by atoms with Crippen molar-refractivity contribution >= 4 is 27.5 Å². The maximum atomic E-state index is 14.6. The molecule has 1 unspecified atom stereocenters. The molecule has 262 valence electrons. The highest BCUT2D eigenvalue weighted by molar-refractivity contribution is 7.89. The van der Waals surface area contributed by atoms with E-state index in [4.69, 9.17) is 4.84 Å². The van der Waals surface area contributed by atoms with E-state index in [9.17, 15) is 40.0 Å². The minimum atomic E-state index is -5.35. The zero-order valence-electron chi connectivity index (χ0n) is 26.6. The average Bonchev–Trinajstić information content (AvgIpc) is 3.64. The summed E-state index contributed by atoms with van der Waals surface area (Å²) in [5.41, 5.74) is 5.48. The number of amides is 2. The normalized spacial score (nSPS) is 16.6. The standard InChI is InChI=1S/C36H32F5N3O5S/c37-29-30(38)32(40)34(33(41)31(29)39)50(47,48)44-19-18-28(44)36(46)43(20-22-10-12-25(13-11-22)24-8-4-5-9-24)27-16-14-26(15-17-27)35(45)42-49-21-23-6-2-1-3-7-23/h1-3,6-7,10-17,24,28H,4-5,8-9,18-21H2,(H,42,45). The smallest absolute Gasteiger partial charge is 0.274 e. The van der Waals surface area contributed by atoms with Crippen LogP contribution in [0.4, 0.5) is 27.6 Å². The predicted molar refractivity (Wildman–Crippen MR) is 173 cm³/mol. The van der Waals surface area contributed by atoms with Crippen LogP contribution in [-0.2, 0) is 32.8 Å². The molecule has 0 bridgehead atoms. The van der Waals surface area contributed by atoms with Gasteiger partial charge in [0.15, 0.2) is 28.2 Å². The molecule has 50 heavy (non-hydrogen) atoms. The lowest BCUT2D eigenvalue weighted by molar-refractivity contribution is -0.125. The third-order valence-electron chi connectivity index (χ3n) is 9.09. The van der Waals surface area contributed by atoms with Crippen molar-refractivity contribution in [2.75, 3.05) is 11.4 Å². The van der Waals surface area contributed by atoms with Gasteiger partial charge in [-0.05, 0) is 66.1 Å². The van der Waals surface area contributed by atoms with Crippen molar-refractivity contribution in [3.8, 4) is 0 Å². The Morgan fingerprint density at radius 1 is 0.760 bits per heavy atom. The van der Waals surface area contributed by atoms with Gasteiger partial charge in [0.25, 0.3) is 5.91 Å². The molecule has 1 atom stereocenters. The second-order valence-electron chi connectivity index (χ2n) is 12.2. The summed E-state index contributed by atoms with van der Waals surface area (Å²) >= 11 is 0. The molecule has 0 radical (unpaired) electrons. The third kappa shape index (κ3) is 7.00. The molecule has 8 nitrogen and oxygen atoms in total. The number of nitrogens with one attached hydrogen (secondary N) is 1. The highest BCUT2D eigenvalue weighted by atomic mass is 32.2. The van der Waals surface area contributed by atoms with Gasteiger partial charge < -0.3 is 4.90 Å². The lowest BCUT2D eigenvalue weighted by Gasteiger charge is -2.41. The van der Waals surface area contributed by atoms with Gasteiger partial charge in [-0.1, -0.05) is 67.4 Å². The fraction of sp³-hybridized carbons (Fsp3) is 0.278. The van der Waals surface area contributed by atoms with Crippen molar-refractivity contribution in [1.29, 1.82) is 0 Å². The van der Waals surface area contributed by atoms with Gasteiger partial charge in [0.05, 0.1) is 13.2 Å². The average molecular weight is 714 g/mol. The van der Waals surface area contributed by atoms with Gasteiger partial charge in [-0.25, -0.2) is 35.8 Å². The van der Waals surface area contributed by atoms with Crippen LogP contribution in [0.2, 0.25) is 0 Å². The van der Waals surface area contributed by atoms with Gasteiger partial charge in [-0.15, -0.1) is 0 Å². The van der Waals surface area contributed by atoms with Crippen molar-refractivity contribution in [3.05, 3.63) is 130 Å².